The maximum absolute atomic E-state index is 12.0. The molecule has 0 radical (unpaired) electrons. The normalized spacial score (nSPS) is 24.9. The zero-order valence-corrected chi connectivity index (χ0v) is 9.96. The van der Waals surface area contributed by atoms with Crippen molar-refractivity contribution in [1.82, 2.24) is 10.3 Å². The minimum Gasteiger partial charge on any atom is -0.374 e. The molecule has 1 aliphatic rings. The van der Waals surface area contributed by atoms with Crippen LogP contribution < -0.4 is 11.3 Å². The lowest BCUT2D eigenvalue weighted by molar-refractivity contribution is -0.136. The summed E-state index contributed by atoms with van der Waals surface area (Å²) in [5.41, 5.74) is 2.56. The van der Waals surface area contributed by atoms with Gasteiger partial charge >= 0.3 is 6.18 Å². The molecule has 1 fully saturated rings. The Bertz CT molecular complexity index is 225. The Morgan fingerprint density at radius 3 is 2.76 bits per heavy atom. The lowest BCUT2D eigenvalue weighted by atomic mass is 10.0. The van der Waals surface area contributed by atoms with E-state index in [1.807, 2.05) is 7.05 Å². The van der Waals surface area contributed by atoms with Crippen LogP contribution in [0.3, 0.4) is 0 Å². The number of nitrogens with two attached hydrogens (primary N) is 1. The van der Waals surface area contributed by atoms with Crippen molar-refractivity contribution in [3.63, 3.8) is 0 Å². The van der Waals surface area contributed by atoms with Crippen LogP contribution in [0, 0.1) is 0 Å². The number of morpholine rings is 1. The van der Waals surface area contributed by atoms with Gasteiger partial charge in [-0.05, 0) is 19.9 Å². The molecule has 0 aromatic rings. The van der Waals surface area contributed by atoms with Crippen molar-refractivity contribution < 1.29 is 17.9 Å². The van der Waals surface area contributed by atoms with Gasteiger partial charge in [-0.3, -0.25) is 11.3 Å². The number of ether oxygens (including phenoxy) is 1. The third-order valence-electron chi connectivity index (χ3n) is 2.93. The van der Waals surface area contributed by atoms with Crippen LogP contribution in [0.2, 0.25) is 0 Å². The summed E-state index contributed by atoms with van der Waals surface area (Å²) in [6, 6.07) is -0.222. The van der Waals surface area contributed by atoms with Crippen LogP contribution in [0.1, 0.15) is 19.3 Å². The summed E-state index contributed by atoms with van der Waals surface area (Å²) < 4.78 is 41.6. The van der Waals surface area contributed by atoms with E-state index in [0.29, 0.717) is 19.6 Å². The summed E-state index contributed by atoms with van der Waals surface area (Å²) in [5, 5.41) is 0. The molecule has 1 rings (SSSR count). The van der Waals surface area contributed by atoms with E-state index in [-0.39, 0.29) is 18.6 Å². The van der Waals surface area contributed by atoms with Crippen molar-refractivity contribution in [2.75, 3.05) is 26.7 Å². The summed E-state index contributed by atoms with van der Waals surface area (Å²) in [4.78, 5) is 2.09. The summed E-state index contributed by atoms with van der Waals surface area (Å²) in [5.74, 6) is 5.37. The van der Waals surface area contributed by atoms with E-state index < -0.39 is 12.6 Å². The molecule has 0 saturated carbocycles. The van der Waals surface area contributed by atoms with Crippen LogP contribution in [0.15, 0.2) is 0 Å². The standard InChI is InChI=1S/C10H20F3N3O/c1-16-5-6-17-9(7-16)8(15-14)3-2-4-10(11,12)13/h8-9,15H,2-7,14H2,1H3. The van der Waals surface area contributed by atoms with E-state index in [1.165, 1.54) is 0 Å². The number of rotatable bonds is 5. The van der Waals surface area contributed by atoms with Crippen LogP contribution in [-0.4, -0.2) is 50.0 Å². The third-order valence-corrected chi connectivity index (χ3v) is 2.93. The van der Waals surface area contributed by atoms with Gasteiger partial charge in [0, 0.05) is 25.6 Å². The molecule has 0 bridgehead atoms. The van der Waals surface area contributed by atoms with Crippen LogP contribution in [0.25, 0.3) is 0 Å². The highest BCUT2D eigenvalue weighted by atomic mass is 19.4. The van der Waals surface area contributed by atoms with Gasteiger partial charge in [-0.25, -0.2) is 0 Å². The molecular formula is C10H20F3N3O. The fourth-order valence-corrected chi connectivity index (χ4v) is 1.95. The van der Waals surface area contributed by atoms with Crippen molar-refractivity contribution in [3.05, 3.63) is 0 Å². The smallest absolute Gasteiger partial charge is 0.374 e. The highest BCUT2D eigenvalue weighted by molar-refractivity contribution is 4.80. The Labute approximate surface area is 99.2 Å². The van der Waals surface area contributed by atoms with E-state index in [1.54, 1.807) is 0 Å². The van der Waals surface area contributed by atoms with E-state index >= 15 is 0 Å². The second-order valence-electron chi connectivity index (χ2n) is 4.45. The molecule has 7 heteroatoms. The molecule has 1 aliphatic heterocycles. The molecule has 1 heterocycles. The topological polar surface area (TPSA) is 50.5 Å². The summed E-state index contributed by atoms with van der Waals surface area (Å²) in [7, 11) is 1.96. The first-order chi connectivity index (χ1) is 7.92. The predicted molar refractivity (Wildman–Crippen MR) is 58.3 cm³/mol. The number of nitrogens with one attached hydrogen (secondary N) is 1. The molecule has 0 aliphatic carbocycles. The predicted octanol–water partition coefficient (Wildman–Crippen LogP) is 0.881. The molecule has 102 valence electrons. The average molecular weight is 255 g/mol. The Balaban J connectivity index is 2.32. The zero-order valence-electron chi connectivity index (χ0n) is 9.96. The fraction of sp³-hybridized carbons (Fsp3) is 1.00. The number of nitrogens with zero attached hydrogens (tertiary/aromatic N) is 1. The molecule has 0 aromatic carbocycles. The van der Waals surface area contributed by atoms with Gasteiger partial charge in [-0.15, -0.1) is 0 Å². The molecule has 1 saturated heterocycles. The number of likely N-dealkylation sites (N-methyl/N-ethyl adjacent to an activating group) is 1. The van der Waals surface area contributed by atoms with E-state index in [2.05, 4.69) is 10.3 Å². The lowest BCUT2D eigenvalue weighted by Gasteiger charge is -2.35. The van der Waals surface area contributed by atoms with Gasteiger partial charge in [0.15, 0.2) is 0 Å². The summed E-state index contributed by atoms with van der Waals surface area (Å²) in [6.07, 6.45) is -4.56. The van der Waals surface area contributed by atoms with Crippen molar-refractivity contribution >= 4 is 0 Å². The Morgan fingerprint density at radius 1 is 1.53 bits per heavy atom. The minimum absolute atomic E-state index is 0.0714. The fourth-order valence-electron chi connectivity index (χ4n) is 1.95. The van der Waals surface area contributed by atoms with Gasteiger partial charge in [0.05, 0.1) is 12.7 Å². The van der Waals surface area contributed by atoms with Gasteiger partial charge < -0.3 is 9.64 Å². The van der Waals surface area contributed by atoms with Crippen molar-refractivity contribution in [3.8, 4) is 0 Å². The molecule has 2 atom stereocenters. The minimum atomic E-state index is -4.09. The number of hydrogen-bond acceptors (Lipinski definition) is 4. The van der Waals surface area contributed by atoms with Gasteiger partial charge in [-0.1, -0.05) is 0 Å². The molecule has 0 spiro atoms. The molecule has 0 amide bonds. The number of halogens is 3. The summed E-state index contributed by atoms with van der Waals surface area (Å²) >= 11 is 0. The van der Waals surface area contributed by atoms with Crippen molar-refractivity contribution in [2.24, 2.45) is 5.84 Å². The Morgan fingerprint density at radius 2 is 2.24 bits per heavy atom. The first-order valence-corrected chi connectivity index (χ1v) is 5.75. The molecular weight excluding hydrogens is 235 g/mol. The number of alkyl halides is 3. The Kier molecular flexibility index (Phi) is 5.64. The largest absolute Gasteiger partial charge is 0.389 e. The van der Waals surface area contributed by atoms with Crippen LogP contribution in [-0.2, 0) is 4.74 Å². The van der Waals surface area contributed by atoms with Crippen LogP contribution in [0.5, 0.6) is 0 Å². The second kappa shape index (κ2) is 6.53. The molecule has 17 heavy (non-hydrogen) atoms. The van der Waals surface area contributed by atoms with Gasteiger partial charge in [0.1, 0.15) is 0 Å². The summed E-state index contributed by atoms with van der Waals surface area (Å²) in [6.45, 7) is 2.13. The highest BCUT2D eigenvalue weighted by Gasteiger charge is 2.29. The number of hydrazine groups is 1. The molecule has 3 N–H and O–H groups in total. The number of hydrogen-bond donors (Lipinski definition) is 2. The maximum atomic E-state index is 12.0. The van der Waals surface area contributed by atoms with Gasteiger partial charge in [-0.2, -0.15) is 13.2 Å². The molecule has 4 nitrogen and oxygen atoms in total. The average Bonchev–Trinajstić information content (AvgIpc) is 2.23. The molecule has 0 aromatic heterocycles. The van der Waals surface area contributed by atoms with Gasteiger partial charge in [0.25, 0.3) is 0 Å². The quantitative estimate of drug-likeness (QED) is 0.565. The highest BCUT2D eigenvalue weighted by Crippen LogP contribution is 2.23. The zero-order chi connectivity index (χ0) is 12.9. The first kappa shape index (κ1) is 14.7. The second-order valence-corrected chi connectivity index (χ2v) is 4.45. The first-order valence-electron chi connectivity index (χ1n) is 5.75. The van der Waals surface area contributed by atoms with Crippen molar-refractivity contribution in [2.45, 2.75) is 37.6 Å². The van der Waals surface area contributed by atoms with E-state index in [9.17, 15) is 13.2 Å². The third kappa shape index (κ3) is 5.67. The van der Waals surface area contributed by atoms with Crippen LogP contribution in [0.4, 0.5) is 13.2 Å². The van der Waals surface area contributed by atoms with Gasteiger partial charge in [0.2, 0.25) is 0 Å². The van der Waals surface area contributed by atoms with Crippen molar-refractivity contribution in [1.29, 1.82) is 0 Å². The van der Waals surface area contributed by atoms with E-state index in [0.717, 1.165) is 6.54 Å². The lowest BCUT2D eigenvalue weighted by Crippen LogP contribution is -2.53. The van der Waals surface area contributed by atoms with Crippen LogP contribution >= 0.6 is 0 Å². The SMILES string of the molecule is CN1CCOC(C(CCCC(F)(F)F)NN)C1. The van der Waals surface area contributed by atoms with E-state index in [4.69, 9.17) is 10.6 Å². The monoisotopic (exact) mass is 255 g/mol. The Hall–Kier alpha value is -0.370. The molecule has 2 unspecified atom stereocenters. The maximum Gasteiger partial charge on any atom is 0.389 e.